The topological polar surface area (TPSA) is 71.4 Å². The van der Waals surface area contributed by atoms with Gasteiger partial charge >= 0.3 is 5.97 Å². The molecular weight excluding hydrogens is 184 g/mol. The number of hydrogen-bond donors (Lipinski definition) is 1. The molecule has 0 aliphatic carbocycles. The van der Waals surface area contributed by atoms with Gasteiger partial charge in [0.05, 0.1) is 5.56 Å². The number of hydrogen-bond acceptors (Lipinski definition) is 3. The second-order valence-corrected chi connectivity index (χ2v) is 2.78. The normalized spacial score (nSPS) is 9.50. The van der Waals surface area contributed by atoms with E-state index in [-0.39, 0.29) is 16.7 Å². The van der Waals surface area contributed by atoms with Crippen molar-refractivity contribution in [1.82, 2.24) is 0 Å². The Labute approximate surface area is 80.2 Å². The van der Waals surface area contributed by atoms with Gasteiger partial charge in [0.15, 0.2) is 6.29 Å². The van der Waals surface area contributed by atoms with Crippen molar-refractivity contribution in [2.75, 3.05) is 0 Å². The molecular formula is C10H8O4. The number of carboxylic acid groups (broad SMARTS) is 1. The zero-order chi connectivity index (χ0) is 10.7. The Morgan fingerprint density at radius 1 is 1.21 bits per heavy atom. The van der Waals surface area contributed by atoms with Crippen molar-refractivity contribution >= 4 is 18.5 Å². The Hall–Kier alpha value is -1.97. The molecule has 1 aromatic carbocycles. The molecule has 0 bridgehead atoms. The second kappa shape index (κ2) is 3.83. The Morgan fingerprint density at radius 3 is 2.14 bits per heavy atom. The van der Waals surface area contributed by atoms with E-state index in [1.54, 1.807) is 0 Å². The van der Waals surface area contributed by atoms with Crippen molar-refractivity contribution in [3.05, 3.63) is 34.4 Å². The molecule has 4 nitrogen and oxygen atoms in total. The molecule has 1 rings (SSSR count). The number of aromatic carboxylic acids is 1. The summed E-state index contributed by atoms with van der Waals surface area (Å²) in [6.07, 6.45) is 1.03. The molecule has 0 saturated heterocycles. The fourth-order valence-corrected chi connectivity index (χ4v) is 1.26. The average Bonchev–Trinajstić information content (AvgIpc) is 2.16. The van der Waals surface area contributed by atoms with Crippen LogP contribution in [-0.2, 0) is 0 Å². The van der Waals surface area contributed by atoms with E-state index >= 15 is 0 Å². The SMILES string of the molecule is Cc1c(C=O)ccc(C=O)c1C(=O)O. The fraction of sp³-hybridized carbons (Fsp3) is 0.100. The summed E-state index contributed by atoms with van der Waals surface area (Å²) in [6.45, 7) is 1.50. The zero-order valence-corrected chi connectivity index (χ0v) is 7.48. The zero-order valence-electron chi connectivity index (χ0n) is 7.48. The van der Waals surface area contributed by atoms with Crippen LogP contribution < -0.4 is 0 Å². The highest BCUT2D eigenvalue weighted by Crippen LogP contribution is 2.16. The Kier molecular flexibility index (Phi) is 2.76. The van der Waals surface area contributed by atoms with Gasteiger partial charge in [-0.1, -0.05) is 12.1 Å². The summed E-state index contributed by atoms with van der Waals surface area (Å²) in [7, 11) is 0. The van der Waals surface area contributed by atoms with Gasteiger partial charge in [-0.2, -0.15) is 0 Å². The molecule has 0 amide bonds. The molecule has 1 N–H and O–H groups in total. The lowest BCUT2D eigenvalue weighted by molar-refractivity contribution is 0.0693. The number of benzene rings is 1. The van der Waals surface area contributed by atoms with Crippen molar-refractivity contribution in [2.45, 2.75) is 6.92 Å². The minimum atomic E-state index is -1.20. The molecule has 4 heteroatoms. The molecule has 0 saturated carbocycles. The molecule has 0 spiro atoms. The largest absolute Gasteiger partial charge is 0.478 e. The molecule has 0 aromatic heterocycles. The van der Waals surface area contributed by atoms with E-state index in [2.05, 4.69) is 0 Å². The van der Waals surface area contributed by atoms with Crippen LogP contribution in [0.3, 0.4) is 0 Å². The third-order valence-electron chi connectivity index (χ3n) is 2.01. The van der Waals surface area contributed by atoms with Gasteiger partial charge in [0.1, 0.15) is 6.29 Å². The Balaban J connectivity index is 3.54. The summed E-state index contributed by atoms with van der Waals surface area (Å²) in [4.78, 5) is 31.8. The Morgan fingerprint density at radius 2 is 1.71 bits per heavy atom. The molecule has 0 fully saturated rings. The maximum Gasteiger partial charge on any atom is 0.336 e. The molecule has 0 unspecified atom stereocenters. The van der Waals surface area contributed by atoms with Crippen molar-refractivity contribution in [2.24, 2.45) is 0 Å². The van der Waals surface area contributed by atoms with E-state index in [1.165, 1.54) is 19.1 Å². The summed E-state index contributed by atoms with van der Waals surface area (Å²) in [5, 5.41) is 8.82. The van der Waals surface area contributed by atoms with E-state index in [1.807, 2.05) is 0 Å². The van der Waals surface area contributed by atoms with Crippen LogP contribution >= 0.6 is 0 Å². The van der Waals surface area contributed by atoms with Gasteiger partial charge in [0.2, 0.25) is 0 Å². The van der Waals surface area contributed by atoms with Crippen molar-refractivity contribution < 1.29 is 19.5 Å². The van der Waals surface area contributed by atoms with Crippen LogP contribution in [0.1, 0.15) is 36.6 Å². The minimum Gasteiger partial charge on any atom is -0.478 e. The third-order valence-corrected chi connectivity index (χ3v) is 2.01. The maximum atomic E-state index is 10.8. The van der Waals surface area contributed by atoms with Gasteiger partial charge < -0.3 is 5.11 Å². The van der Waals surface area contributed by atoms with Gasteiger partial charge in [-0.05, 0) is 12.5 Å². The first-order valence-electron chi connectivity index (χ1n) is 3.89. The molecule has 0 radical (unpaired) electrons. The molecule has 0 atom stereocenters. The Bertz CT molecular complexity index is 407. The average molecular weight is 192 g/mol. The molecule has 14 heavy (non-hydrogen) atoms. The van der Waals surface area contributed by atoms with E-state index in [0.717, 1.165) is 0 Å². The summed E-state index contributed by atoms with van der Waals surface area (Å²) in [5.74, 6) is -1.20. The highest BCUT2D eigenvalue weighted by molar-refractivity contribution is 6.00. The lowest BCUT2D eigenvalue weighted by Crippen LogP contribution is -2.07. The van der Waals surface area contributed by atoms with Gasteiger partial charge in [0, 0.05) is 11.1 Å². The molecule has 1 aromatic rings. The minimum absolute atomic E-state index is 0.0839. The number of carbonyl (C=O) groups is 3. The van der Waals surface area contributed by atoms with Gasteiger partial charge in [-0.3, -0.25) is 9.59 Å². The van der Waals surface area contributed by atoms with E-state index < -0.39 is 5.97 Å². The predicted octanol–water partition coefficient (Wildman–Crippen LogP) is 1.32. The van der Waals surface area contributed by atoms with E-state index in [4.69, 9.17) is 5.11 Å². The van der Waals surface area contributed by atoms with Crippen LogP contribution in [-0.4, -0.2) is 23.6 Å². The maximum absolute atomic E-state index is 10.8. The number of rotatable bonds is 3. The van der Waals surface area contributed by atoms with Gasteiger partial charge in [0.25, 0.3) is 0 Å². The van der Waals surface area contributed by atoms with Crippen molar-refractivity contribution in [3.63, 3.8) is 0 Å². The summed E-state index contributed by atoms with van der Waals surface area (Å²) in [5.41, 5.74) is 0.579. The van der Waals surface area contributed by atoms with Crippen LogP contribution in [0.4, 0.5) is 0 Å². The fourth-order valence-electron chi connectivity index (χ4n) is 1.26. The molecule has 0 aliphatic heterocycles. The second-order valence-electron chi connectivity index (χ2n) is 2.78. The standard InChI is InChI=1S/C10H8O4/c1-6-7(4-11)2-3-8(5-12)9(6)10(13)14/h2-5H,1H3,(H,13,14). The van der Waals surface area contributed by atoms with Crippen LogP contribution in [0.25, 0.3) is 0 Å². The highest BCUT2D eigenvalue weighted by atomic mass is 16.4. The van der Waals surface area contributed by atoms with Gasteiger partial charge in [-0.15, -0.1) is 0 Å². The lowest BCUT2D eigenvalue weighted by atomic mass is 9.98. The monoisotopic (exact) mass is 192 g/mol. The van der Waals surface area contributed by atoms with Gasteiger partial charge in [-0.25, -0.2) is 4.79 Å². The number of carbonyl (C=O) groups excluding carboxylic acids is 2. The van der Waals surface area contributed by atoms with E-state index in [0.29, 0.717) is 18.1 Å². The van der Waals surface area contributed by atoms with E-state index in [9.17, 15) is 14.4 Å². The van der Waals surface area contributed by atoms with Crippen LogP contribution in [0, 0.1) is 6.92 Å². The molecule has 0 aliphatic rings. The van der Waals surface area contributed by atoms with Crippen molar-refractivity contribution in [1.29, 1.82) is 0 Å². The molecule has 0 heterocycles. The van der Waals surface area contributed by atoms with Crippen LogP contribution in [0.15, 0.2) is 12.1 Å². The number of aldehydes is 2. The quantitative estimate of drug-likeness (QED) is 0.733. The number of carboxylic acids is 1. The predicted molar refractivity (Wildman–Crippen MR) is 48.9 cm³/mol. The highest BCUT2D eigenvalue weighted by Gasteiger charge is 2.15. The van der Waals surface area contributed by atoms with Crippen molar-refractivity contribution in [3.8, 4) is 0 Å². The summed E-state index contributed by atoms with van der Waals surface area (Å²) < 4.78 is 0. The summed E-state index contributed by atoms with van der Waals surface area (Å²) >= 11 is 0. The first-order valence-corrected chi connectivity index (χ1v) is 3.89. The first-order chi connectivity index (χ1) is 6.61. The smallest absolute Gasteiger partial charge is 0.336 e. The molecule has 72 valence electrons. The first kappa shape index (κ1) is 10.1. The van der Waals surface area contributed by atoms with Crippen LogP contribution in [0.5, 0.6) is 0 Å². The van der Waals surface area contributed by atoms with Crippen LogP contribution in [0.2, 0.25) is 0 Å². The summed E-state index contributed by atoms with van der Waals surface area (Å²) in [6, 6.07) is 2.76. The lowest BCUT2D eigenvalue weighted by Gasteiger charge is -2.05. The third kappa shape index (κ3) is 1.54.